The largest absolute Gasteiger partial charge is 0.492 e. The van der Waals surface area contributed by atoms with Crippen LogP contribution in [0.5, 0.6) is 5.75 Å². The molecule has 0 fully saturated rings. The maximum atomic E-state index is 13.1. The lowest BCUT2D eigenvalue weighted by Gasteiger charge is -2.05. The Hall–Kier alpha value is -1.17. The van der Waals surface area contributed by atoms with Gasteiger partial charge in [0.1, 0.15) is 11.6 Å². The van der Waals surface area contributed by atoms with E-state index < -0.39 is 10.7 Å². The second-order valence-corrected chi connectivity index (χ2v) is 3.22. The minimum atomic E-state index is -0.706. The molecule has 14 heavy (non-hydrogen) atoms. The predicted molar refractivity (Wildman–Crippen MR) is 51.9 cm³/mol. The molecule has 6 heteroatoms. The van der Waals surface area contributed by atoms with Gasteiger partial charge in [-0.2, -0.15) is 0 Å². The van der Waals surface area contributed by atoms with Crippen molar-refractivity contribution >= 4 is 21.6 Å². The van der Waals surface area contributed by atoms with E-state index in [0.717, 1.165) is 6.07 Å². The summed E-state index contributed by atoms with van der Waals surface area (Å²) in [6, 6.07) is 2.02. The van der Waals surface area contributed by atoms with Gasteiger partial charge in [0.2, 0.25) is 0 Å². The number of benzene rings is 1. The van der Waals surface area contributed by atoms with Gasteiger partial charge in [0.05, 0.1) is 28.1 Å². The van der Waals surface area contributed by atoms with Crippen molar-refractivity contribution in [3.63, 3.8) is 0 Å². The molecular weight excluding hydrogens is 257 g/mol. The highest BCUT2D eigenvalue weighted by atomic mass is 79.9. The van der Waals surface area contributed by atoms with Gasteiger partial charge in [0.15, 0.2) is 0 Å². The molecule has 0 saturated heterocycles. The van der Waals surface area contributed by atoms with Gasteiger partial charge in [0, 0.05) is 0 Å². The summed E-state index contributed by atoms with van der Waals surface area (Å²) in [6.07, 6.45) is 0. The number of nitro groups is 1. The molecule has 0 aliphatic rings. The highest BCUT2D eigenvalue weighted by Gasteiger charge is 2.15. The molecular formula is C8H7BrFNO3. The molecule has 0 heterocycles. The quantitative estimate of drug-likeness (QED) is 0.623. The van der Waals surface area contributed by atoms with E-state index in [9.17, 15) is 14.5 Å². The Kier molecular flexibility index (Phi) is 3.40. The first-order valence-electron chi connectivity index (χ1n) is 3.82. The minimum absolute atomic E-state index is 0.102. The van der Waals surface area contributed by atoms with Crippen LogP contribution >= 0.6 is 15.9 Å². The first kappa shape index (κ1) is 10.9. The maximum absolute atomic E-state index is 13.1. The second-order valence-electron chi connectivity index (χ2n) is 2.43. The molecule has 0 amide bonds. The van der Waals surface area contributed by atoms with Crippen LogP contribution in [-0.4, -0.2) is 11.5 Å². The lowest BCUT2D eigenvalue weighted by Crippen LogP contribution is -1.96. The summed E-state index contributed by atoms with van der Waals surface area (Å²) in [7, 11) is 0. The number of halogens is 2. The van der Waals surface area contributed by atoms with Gasteiger partial charge in [0.25, 0.3) is 5.69 Å². The molecule has 0 unspecified atom stereocenters. The number of hydrogen-bond donors (Lipinski definition) is 0. The van der Waals surface area contributed by atoms with Gasteiger partial charge in [-0.1, -0.05) is 0 Å². The molecule has 0 aliphatic heterocycles. The van der Waals surface area contributed by atoms with Gasteiger partial charge in [-0.3, -0.25) is 10.1 Å². The maximum Gasteiger partial charge on any atom is 0.276 e. The van der Waals surface area contributed by atoms with Gasteiger partial charge in [-0.15, -0.1) is 0 Å². The second kappa shape index (κ2) is 4.36. The standard InChI is InChI=1S/C8H7BrFNO3/c1-2-14-7-4-5(11(12)13)3-6(10)8(7)9/h3-4H,2H2,1H3. The van der Waals surface area contributed by atoms with Crippen LogP contribution < -0.4 is 4.74 Å². The zero-order chi connectivity index (χ0) is 10.7. The molecule has 1 aromatic carbocycles. The van der Waals surface area contributed by atoms with Gasteiger partial charge in [-0.25, -0.2) is 4.39 Å². The van der Waals surface area contributed by atoms with Crippen LogP contribution in [0.1, 0.15) is 6.92 Å². The summed E-state index contributed by atoms with van der Waals surface area (Å²) in [5.74, 6) is -0.568. The van der Waals surface area contributed by atoms with E-state index in [2.05, 4.69) is 15.9 Å². The highest BCUT2D eigenvalue weighted by Crippen LogP contribution is 2.32. The predicted octanol–water partition coefficient (Wildman–Crippen LogP) is 2.90. The Labute approximate surface area is 88.0 Å². The fourth-order valence-electron chi connectivity index (χ4n) is 0.916. The minimum Gasteiger partial charge on any atom is -0.492 e. The summed E-state index contributed by atoms with van der Waals surface area (Å²) in [6.45, 7) is 2.03. The molecule has 0 aliphatic carbocycles. The summed E-state index contributed by atoms with van der Waals surface area (Å²) < 4.78 is 18.2. The van der Waals surface area contributed by atoms with Crippen molar-refractivity contribution in [2.75, 3.05) is 6.61 Å². The molecule has 0 bridgehead atoms. The normalized spacial score (nSPS) is 9.93. The highest BCUT2D eigenvalue weighted by molar-refractivity contribution is 9.10. The third-order valence-corrected chi connectivity index (χ3v) is 2.26. The fourth-order valence-corrected chi connectivity index (χ4v) is 1.26. The number of non-ortho nitro benzene ring substituents is 1. The van der Waals surface area contributed by atoms with Crippen LogP contribution in [0, 0.1) is 15.9 Å². The molecule has 0 N–H and O–H groups in total. The van der Waals surface area contributed by atoms with Crippen LogP contribution in [0.25, 0.3) is 0 Å². The third-order valence-electron chi connectivity index (χ3n) is 1.49. The molecule has 0 spiro atoms. The Morgan fingerprint density at radius 3 is 2.79 bits per heavy atom. The Morgan fingerprint density at radius 2 is 2.29 bits per heavy atom. The van der Waals surface area contributed by atoms with Gasteiger partial charge >= 0.3 is 0 Å². The molecule has 0 radical (unpaired) electrons. The molecule has 0 aromatic heterocycles. The van der Waals surface area contributed by atoms with Gasteiger partial charge in [-0.05, 0) is 22.9 Å². The Balaban J connectivity index is 3.20. The summed E-state index contributed by atoms with van der Waals surface area (Å²) in [4.78, 5) is 9.72. The van der Waals surface area contributed by atoms with Crippen molar-refractivity contribution in [1.29, 1.82) is 0 Å². The number of ether oxygens (including phenoxy) is 1. The first-order valence-corrected chi connectivity index (χ1v) is 4.61. The Morgan fingerprint density at radius 1 is 1.64 bits per heavy atom. The zero-order valence-corrected chi connectivity index (χ0v) is 8.88. The van der Waals surface area contributed by atoms with E-state index in [1.807, 2.05) is 0 Å². The first-order chi connectivity index (χ1) is 6.56. The van der Waals surface area contributed by atoms with E-state index in [4.69, 9.17) is 4.74 Å². The van der Waals surface area contributed by atoms with Crippen molar-refractivity contribution in [2.24, 2.45) is 0 Å². The lowest BCUT2D eigenvalue weighted by atomic mass is 10.3. The topological polar surface area (TPSA) is 52.4 Å². The average Bonchev–Trinajstić information content (AvgIpc) is 2.12. The van der Waals surface area contributed by atoms with Crippen molar-refractivity contribution in [3.05, 3.63) is 32.5 Å². The van der Waals surface area contributed by atoms with Crippen LogP contribution in [0.15, 0.2) is 16.6 Å². The zero-order valence-electron chi connectivity index (χ0n) is 7.29. The van der Waals surface area contributed by atoms with E-state index in [1.165, 1.54) is 6.07 Å². The molecule has 0 atom stereocenters. The van der Waals surface area contributed by atoms with Crippen molar-refractivity contribution < 1.29 is 14.1 Å². The van der Waals surface area contributed by atoms with Crippen molar-refractivity contribution in [3.8, 4) is 5.75 Å². The van der Waals surface area contributed by atoms with E-state index >= 15 is 0 Å². The Bertz CT molecular complexity index is 370. The number of nitrogens with zero attached hydrogens (tertiary/aromatic N) is 1. The molecule has 76 valence electrons. The summed E-state index contributed by atoms with van der Waals surface area (Å²) >= 11 is 2.94. The van der Waals surface area contributed by atoms with E-state index in [1.54, 1.807) is 6.92 Å². The molecule has 1 rings (SSSR count). The number of rotatable bonds is 3. The summed E-state index contributed by atoms with van der Waals surface area (Å²) in [5.41, 5.74) is -0.325. The molecule has 1 aromatic rings. The molecule has 0 saturated carbocycles. The number of nitro benzene ring substituents is 1. The van der Waals surface area contributed by atoms with Crippen LogP contribution in [-0.2, 0) is 0 Å². The fraction of sp³-hybridized carbons (Fsp3) is 0.250. The monoisotopic (exact) mass is 263 g/mol. The average molecular weight is 264 g/mol. The molecule has 4 nitrogen and oxygen atoms in total. The smallest absolute Gasteiger partial charge is 0.276 e. The van der Waals surface area contributed by atoms with Crippen molar-refractivity contribution in [2.45, 2.75) is 6.92 Å². The van der Waals surface area contributed by atoms with Crippen LogP contribution in [0.4, 0.5) is 10.1 Å². The third kappa shape index (κ3) is 2.20. The van der Waals surface area contributed by atoms with Crippen molar-refractivity contribution in [1.82, 2.24) is 0 Å². The number of hydrogen-bond acceptors (Lipinski definition) is 3. The lowest BCUT2D eigenvalue weighted by molar-refractivity contribution is -0.385. The SMILES string of the molecule is CCOc1cc([N+](=O)[O-])cc(F)c1Br. The van der Waals surface area contributed by atoms with Crippen LogP contribution in [0.2, 0.25) is 0 Å². The summed E-state index contributed by atoms with van der Waals surface area (Å²) in [5, 5.41) is 10.4. The van der Waals surface area contributed by atoms with E-state index in [0.29, 0.717) is 6.61 Å². The van der Waals surface area contributed by atoms with E-state index in [-0.39, 0.29) is 15.9 Å². The van der Waals surface area contributed by atoms with Crippen LogP contribution in [0.3, 0.4) is 0 Å². The van der Waals surface area contributed by atoms with Gasteiger partial charge < -0.3 is 4.74 Å².